The maximum atomic E-state index is 6.31. The SMILES string of the molecule is COc1cccc(N(C)CC(N)C2CCCC2)c1. The molecule has 18 heavy (non-hydrogen) atoms. The van der Waals surface area contributed by atoms with Crippen molar-refractivity contribution in [3.63, 3.8) is 0 Å². The van der Waals surface area contributed by atoms with Crippen molar-refractivity contribution in [3.8, 4) is 5.75 Å². The van der Waals surface area contributed by atoms with Crippen molar-refractivity contribution >= 4 is 5.69 Å². The van der Waals surface area contributed by atoms with Crippen molar-refractivity contribution in [2.24, 2.45) is 11.7 Å². The van der Waals surface area contributed by atoms with Crippen molar-refractivity contribution in [2.45, 2.75) is 31.7 Å². The Morgan fingerprint density at radius 3 is 2.78 bits per heavy atom. The number of nitrogens with zero attached hydrogens (tertiary/aromatic N) is 1. The molecule has 1 saturated carbocycles. The van der Waals surface area contributed by atoms with Gasteiger partial charge in [-0.15, -0.1) is 0 Å². The van der Waals surface area contributed by atoms with Gasteiger partial charge in [0.2, 0.25) is 0 Å². The molecule has 1 fully saturated rings. The first-order chi connectivity index (χ1) is 8.70. The van der Waals surface area contributed by atoms with Gasteiger partial charge in [0, 0.05) is 31.4 Å². The molecule has 3 heteroatoms. The van der Waals surface area contributed by atoms with Crippen LogP contribution < -0.4 is 15.4 Å². The summed E-state index contributed by atoms with van der Waals surface area (Å²) < 4.78 is 5.25. The van der Waals surface area contributed by atoms with Gasteiger partial charge in [-0.3, -0.25) is 0 Å². The van der Waals surface area contributed by atoms with Crippen molar-refractivity contribution in [1.29, 1.82) is 0 Å². The fourth-order valence-electron chi connectivity index (χ4n) is 2.80. The molecule has 100 valence electrons. The Morgan fingerprint density at radius 1 is 1.39 bits per heavy atom. The van der Waals surface area contributed by atoms with Crippen LogP contribution >= 0.6 is 0 Å². The molecule has 1 aromatic carbocycles. The first-order valence-corrected chi connectivity index (χ1v) is 6.81. The van der Waals surface area contributed by atoms with Crippen LogP contribution in [0.5, 0.6) is 5.75 Å². The molecular formula is C15H24N2O. The second-order valence-corrected chi connectivity index (χ2v) is 5.29. The Balaban J connectivity index is 1.95. The molecule has 0 heterocycles. The molecule has 0 aliphatic heterocycles. The lowest BCUT2D eigenvalue weighted by atomic mass is 9.98. The minimum Gasteiger partial charge on any atom is -0.497 e. The normalized spacial score (nSPS) is 17.7. The minimum absolute atomic E-state index is 0.281. The van der Waals surface area contributed by atoms with E-state index in [1.54, 1.807) is 7.11 Å². The third kappa shape index (κ3) is 3.16. The molecule has 0 spiro atoms. The number of anilines is 1. The molecule has 1 aromatic rings. The van der Waals surface area contributed by atoms with Gasteiger partial charge in [0.05, 0.1) is 7.11 Å². The Bertz CT molecular complexity index is 375. The van der Waals surface area contributed by atoms with Crippen molar-refractivity contribution in [2.75, 3.05) is 25.6 Å². The van der Waals surface area contributed by atoms with E-state index in [1.807, 2.05) is 12.1 Å². The summed E-state index contributed by atoms with van der Waals surface area (Å²) in [6.07, 6.45) is 5.29. The van der Waals surface area contributed by atoms with Gasteiger partial charge in [-0.1, -0.05) is 18.9 Å². The average Bonchev–Trinajstić information content (AvgIpc) is 2.92. The summed E-state index contributed by atoms with van der Waals surface area (Å²) in [4.78, 5) is 2.23. The van der Waals surface area contributed by atoms with Crippen LogP contribution in [0.15, 0.2) is 24.3 Å². The third-order valence-corrected chi connectivity index (χ3v) is 3.98. The van der Waals surface area contributed by atoms with Gasteiger partial charge in [-0.25, -0.2) is 0 Å². The van der Waals surface area contributed by atoms with Gasteiger partial charge >= 0.3 is 0 Å². The van der Waals surface area contributed by atoms with Crippen LogP contribution in [-0.2, 0) is 0 Å². The zero-order chi connectivity index (χ0) is 13.0. The predicted octanol–water partition coefficient (Wildman–Crippen LogP) is 2.65. The lowest BCUT2D eigenvalue weighted by molar-refractivity contribution is 0.414. The van der Waals surface area contributed by atoms with E-state index in [1.165, 1.54) is 31.4 Å². The molecule has 0 aromatic heterocycles. The number of ether oxygens (including phenoxy) is 1. The molecule has 3 nitrogen and oxygen atoms in total. The predicted molar refractivity (Wildman–Crippen MR) is 76.2 cm³/mol. The summed E-state index contributed by atoms with van der Waals surface area (Å²) in [5.41, 5.74) is 7.48. The number of benzene rings is 1. The molecule has 0 radical (unpaired) electrons. The second-order valence-electron chi connectivity index (χ2n) is 5.29. The Morgan fingerprint density at radius 2 is 2.11 bits per heavy atom. The Labute approximate surface area is 110 Å². The maximum Gasteiger partial charge on any atom is 0.120 e. The van der Waals surface area contributed by atoms with Gasteiger partial charge in [0.1, 0.15) is 5.75 Å². The average molecular weight is 248 g/mol. The molecule has 1 aliphatic rings. The van der Waals surface area contributed by atoms with Crippen LogP contribution in [0, 0.1) is 5.92 Å². The molecule has 0 bridgehead atoms. The van der Waals surface area contributed by atoms with Gasteiger partial charge < -0.3 is 15.4 Å². The van der Waals surface area contributed by atoms with Gasteiger partial charge in [0.25, 0.3) is 0 Å². The van der Waals surface area contributed by atoms with E-state index >= 15 is 0 Å². The quantitative estimate of drug-likeness (QED) is 0.870. The number of likely N-dealkylation sites (N-methyl/N-ethyl adjacent to an activating group) is 1. The Kier molecular flexibility index (Phi) is 4.48. The molecule has 2 rings (SSSR count). The summed E-state index contributed by atoms with van der Waals surface area (Å²) in [5, 5.41) is 0. The highest BCUT2D eigenvalue weighted by Crippen LogP contribution is 2.28. The van der Waals surface area contributed by atoms with E-state index in [-0.39, 0.29) is 6.04 Å². The number of hydrogen-bond donors (Lipinski definition) is 1. The summed E-state index contributed by atoms with van der Waals surface area (Å²) in [6.45, 7) is 0.915. The summed E-state index contributed by atoms with van der Waals surface area (Å²) in [6, 6.07) is 8.43. The van der Waals surface area contributed by atoms with Crippen molar-refractivity contribution in [1.82, 2.24) is 0 Å². The Hall–Kier alpha value is -1.22. The zero-order valence-electron chi connectivity index (χ0n) is 11.4. The largest absolute Gasteiger partial charge is 0.497 e. The number of nitrogens with two attached hydrogens (primary N) is 1. The lowest BCUT2D eigenvalue weighted by Crippen LogP contribution is -2.40. The molecule has 1 unspecified atom stereocenters. The standard InChI is InChI=1S/C15H24N2O/c1-17(11-15(16)12-6-3-4-7-12)13-8-5-9-14(10-13)18-2/h5,8-10,12,15H,3-4,6-7,11,16H2,1-2H3. The van der Waals surface area contributed by atoms with Crippen molar-refractivity contribution < 1.29 is 4.74 Å². The smallest absolute Gasteiger partial charge is 0.120 e. The first-order valence-electron chi connectivity index (χ1n) is 6.81. The topological polar surface area (TPSA) is 38.5 Å². The lowest BCUT2D eigenvalue weighted by Gasteiger charge is -2.27. The highest BCUT2D eigenvalue weighted by atomic mass is 16.5. The van der Waals surface area contributed by atoms with Crippen LogP contribution in [0.1, 0.15) is 25.7 Å². The van der Waals surface area contributed by atoms with Crippen LogP contribution in [-0.4, -0.2) is 26.7 Å². The maximum absolute atomic E-state index is 6.31. The molecule has 2 N–H and O–H groups in total. The fourth-order valence-corrected chi connectivity index (χ4v) is 2.80. The van der Waals surface area contributed by atoms with Crippen LogP contribution in [0.2, 0.25) is 0 Å². The number of methoxy groups -OCH3 is 1. The third-order valence-electron chi connectivity index (χ3n) is 3.98. The summed E-state index contributed by atoms with van der Waals surface area (Å²) in [7, 11) is 3.80. The van der Waals surface area contributed by atoms with Crippen molar-refractivity contribution in [3.05, 3.63) is 24.3 Å². The highest BCUT2D eigenvalue weighted by Gasteiger charge is 2.23. The molecule has 0 amide bonds. The van der Waals surface area contributed by atoms with E-state index in [4.69, 9.17) is 10.5 Å². The summed E-state index contributed by atoms with van der Waals surface area (Å²) >= 11 is 0. The van der Waals surface area contributed by atoms with Gasteiger partial charge in [0.15, 0.2) is 0 Å². The van der Waals surface area contributed by atoms with Gasteiger partial charge in [-0.2, -0.15) is 0 Å². The first kappa shape index (κ1) is 13.2. The monoisotopic (exact) mass is 248 g/mol. The van der Waals surface area contributed by atoms with E-state index in [2.05, 4.69) is 24.1 Å². The van der Waals surface area contributed by atoms with Crippen LogP contribution in [0.25, 0.3) is 0 Å². The molecule has 1 aliphatic carbocycles. The van der Waals surface area contributed by atoms with E-state index in [9.17, 15) is 0 Å². The molecular weight excluding hydrogens is 224 g/mol. The molecule has 1 atom stereocenters. The second kappa shape index (κ2) is 6.10. The number of hydrogen-bond acceptors (Lipinski definition) is 3. The van der Waals surface area contributed by atoms with Crippen LogP contribution in [0.4, 0.5) is 5.69 Å². The molecule has 0 saturated heterocycles. The van der Waals surface area contributed by atoms with E-state index < -0.39 is 0 Å². The minimum atomic E-state index is 0.281. The number of rotatable bonds is 5. The van der Waals surface area contributed by atoms with E-state index in [0.29, 0.717) is 5.92 Å². The van der Waals surface area contributed by atoms with E-state index in [0.717, 1.165) is 12.3 Å². The fraction of sp³-hybridized carbons (Fsp3) is 0.600. The summed E-state index contributed by atoms with van der Waals surface area (Å²) in [5.74, 6) is 1.60. The van der Waals surface area contributed by atoms with Crippen LogP contribution in [0.3, 0.4) is 0 Å². The highest BCUT2D eigenvalue weighted by molar-refractivity contribution is 5.50. The zero-order valence-corrected chi connectivity index (χ0v) is 11.4. The van der Waals surface area contributed by atoms with Gasteiger partial charge in [-0.05, 0) is 30.9 Å².